The lowest BCUT2D eigenvalue weighted by atomic mass is 9.93. The van der Waals surface area contributed by atoms with Crippen LogP contribution in [-0.4, -0.2) is 68.0 Å². The van der Waals surface area contributed by atoms with Gasteiger partial charge in [0.15, 0.2) is 11.5 Å². The molecule has 0 spiro atoms. The normalized spacial score (nSPS) is 17.4. The van der Waals surface area contributed by atoms with Gasteiger partial charge >= 0.3 is 6.03 Å². The molecule has 33 heavy (non-hydrogen) atoms. The van der Waals surface area contributed by atoms with Gasteiger partial charge in [-0.3, -0.25) is 4.79 Å². The Morgan fingerprint density at radius 3 is 2.30 bits per heavy atom. The number of carbonyl (C=O) groups is 2. The van der Waals surface area contributed by atoms with E-state index in [1.54, 1.807) is 26.2 Å². The maximum Gasteiger partial charge on any atom is 0.337 e. The van der Waals surface area contributed by atoms with Crippen molar-refractivity contribution in [1.29, 1.82) is 0 Å². The molecular formula is C25H30N4O4. The number of benzene rings is 2. The third kappa shape index (κ3) is 4.37. The van der Waals surface area contributed by atoms with Gasteiger partial charge in [-0.25, -0.2) is 9.80 Å². The summed E-state index contributed by atoms with van der Waals surface area (Å²) in [5, 5.41) is 8.90. The predicted molar refractivity (Wildman–Crippen MR) is 126 cm³/mol. The highest BCUT2D eigenvalue weighted by molar-refractivity contribution is 6.15. The smallest absolute Gasteiger partial charge is 0.337 e. The Morgan fingerprint density at radius 1 is 1.09 bits per heavy atom. The molecule has 0 aromatic heterocycles. The van der Waals surface area contributed by atoms with Crippen LogP contribution in [0.15, 0.2) is 41.5 Å². The Kier molecular flexibility index (Phi) is 6.26. The van der Waals surface area contributed by atoms with Crippen LogP contribution in [0, 0.1) is 0 Å². The Labute approximate surface area is 194 Å². The highest BCUT2D eigenvalue weighted by atomic mass is 16.5. The number of nitrogens with zero attached hydrogens (tertiary/aromatic N) is 3. The second-order valence-corrected chi connectivity index (χ2v) is 8.49. The fourth-order valence-electron chi connectivity index (χ4n) is 4.15. The highest BCUT2D eigenvalue weighted by Gasteiger charge is 2.31. The lowest BCUT2D eigenvalue weighted by Gasteiger charge is -2.22. The first-order valence-electron chi connectivity index (χ1n) is 11.1. The minimum Gasteiger partial charge on any atom is -0.493 e. The number of amides is 3. The molecule has 1 atom stereocenters. The van der Waals surface area contributed by atoms with Crippen LogP contribution in [-0.2, 0) is 6.42 Å². The summed E-state index contributed by atoms with van der Waals surface area (Å²) < 4.78 is 11.0. The maximum absolute atomic E-state index is 12.7. The van der Waals surface area contributed by atoms with Crippen LogP contribution in [0.4, 0.5) is 4.79 Å². The van der Waals surface area contributed by atoms with Gasteiger partial charge in [-0.05, 0) is 56.0 Å². The summed E-state index contributed by atoms with van der Waals surface area (Å²) in [6.07, 6.45) is 2.72. The van der Waals surface area contributed by atoms with Crippen LogP contribution in [0.3, 0.4) is 0 Å². The molecule has 1 aliphatic heterocycles. The summed E-state index contributed by atoms with van der Waals surface area (Å²) in [7, 11) is 6.63. The van der Waals surface area contributed by atoms with Crippen molar-refractivity contribution in [3.63, 3.8) is 0 Å². The molecule has 4 rings (SSSR count). The molecular weight excluding hydrogens is 420 g/mol. The van der Waals surface area contributed by atoms with Crippen molar-refractivity contribution in [1.82, 2.24) is 15.2 Å². The molecule has 8 heteroatoms. The molecule has 3 amide bonds. The molecule has 0 saturated heterocycles. The Morgan fingerprint density at radius 2 is 1.73 bits per heavy atom. The number of carbonyl (C=O) groups excluding carboxylic acids is 2. The zero-order chi connectivity index (χ0) is 23.7. The molecule has 8 nitrogen and oxygen atoms in total. The molecule has 1 saturated carbocycles. The Bertz CT molecular complexity index is 1090. The van der Waals surface area contributed by atoms with Crippen LogP contribution >= 0.6 is 0 Å². The second-order valence-electron chi connectivity index (χ2n) is 8.49. The summed E-state index contributed by atoms with van der Waals surface area (Å²) in [6.45, 7) is 1.96. The van der Waals surface area contributed by atoms with E-state index in [0.29, 0.717) is 35.2 Å². The maximum atomic E-state index is 12.7. The summed E-state index contributed by atoms with van der Waals surface area (Å²) in [4.78, 5) is 27.2. The van der Waals surface area contributed by atoms with Crippen LogP contribution in [0.5, 0.6) is 11.5 Å². The van der Waals surface area contributed by atoms with Gasteiger partial charge in [-0.15, -0.1) is 0 Å². The topological polar surface area (TPSA) is 83.5 Å². The van der Waals surface area contributed by atoms with Gasteiger partial charge in [-0.2, -0.15) is 5.10 Å². The van der Waals surface area contributed by atoms with Gasteiger partial charge in [-0.1, -0.05) is 12.1 Å². The summed E-state index contributed by atoms with van der Waals surface area (Å²) >= 11 is 0. The lowest BCUT2D eigenvalue weighted by molar-refractivity contribution is 0.0785. The van der Waals surface area contributed by atoms with Crippen molar-refractivity contribution < 1.29 is 19.1 Å². The molecule has 1 aliphatic carbocycles. The number of fused-ring (bicyclic) bond motifs is 1. The average Bonchev–Trinajstić information content (AvgIpc) is 3.69. The van der Waals surface area contributed by atoms with E-state index in [-0.39, 0.29) is 18.0 Å². The lowest BCUT2D eigenvalue weighted by Crippen LogP contribution is -2.41. The zero-order valence-corrected chi connectivity index (χ0v) is 19.7. The number of rotatable bonds is 5. The molecule has 0 radical (unpaired) electrons. The largest absolute Gasteiger partial charge is 0.493 e. The number of hydrogen-bond donors (Lipinski definition) is 1. The van der Waals surface area contributed by atoms with E-state index in [4.69, 9.17) is 14.6 Å². The first-order valence-corrected chi connectivity index (χ1v) is 11.1. The van der Waals surface area contributed by atoms with Gasteiger partial charge in [0.25, 0.3) is 5.91 Å². The third-order valence-electron chi connectivity index (χ3n) is 6.25. The fraction of sp³-hybridized carbons (Fsp3) is 0.400. The van der Waals surface area contributed by atoms with Crippen molar-refractivity contribution in [2.75, 3.05) is 28.3 Å². The third-order valence-corrected chi connectivity index (χ3v) is 6.25. The minimum atomic E-state index is -0.287. The number of methoxy groups -OCH3 is 2. The van der Waals surface area contributed by atoms with Crippen LogP contribution < -0.4 is 14.8 Å². The molecule has 0 bridgehead atoms. The first kappa shape index (κ1) is 22.6. The minimum absolute atomic E-state index is 0.0132. The SMILES string of the molecule is CNC(=O)N1N=C(c2ccc(C(=O)N(C)C3CC3)cc2)c2cc(OC)c(OC)cc2CC1C. The van der Waals surface area contributed by atoms with Crippen LogP contribution in [0.1, 0.15) is 46.8 Å². The van der Waals surface area contributed by atoms with Crippen molar-refractivity contribution in [3.8, 4) is 11.5 Å². The van der Waals surface area contributed by atoms with E-state index in [2.05, 4.69) is 5.32 Å². The molecule has 1 fully saturated rings. The van der Waals surface area contributed by atoms with E-state index in [0.717, 1.165) is 29.5 Å². The molecule has 2 aromatic carbocycles. The molecule has 174 valence electrons. The number of hydrogen-bond acceptors (Lipinski definition) is 5. The van der Waals surface area contributed by atoms with Crippen molar-refractivity contribution in [2.45, 2.75) is 38.3 Å². The predicted octanol–water partition coefficient (Wildman–Crippen LogP) is 3.28. The molecule has 1 heterocycles. The second kappa shape index (κ2) is 9.13. The number of nitrogens with one attached hydrogen (secondary N) is 1. The van der Waals surface area contributed by atoms with Crippen molar-refractivity contribution in [2.24, 2.45) is 5.10 Å². The summed E-state index contributed by atoms with van der Waals surface area (Å²) in [5.74, 6) is 1.22. The van der Waals surface area contributed by atoms with Crippen LogP contribution in [0.2, 0.25) is 0 Å². The number of ether oxygens (including phenoxy) is 2. The summed E-state index contributed by atoms with van der Waals surface area (Å²) in [5.41, 5.74) is 3.93. The number of hydrazone groups is 1. The number of urea groups is 1. The highest BCUT2D eigenvalue weighted by Crippen LogP contribution is 2.35. The van der Waals surface area contributed by atoms with Gasteiger partial charge < -0.3 is 19.7 Å². The van der Waals surface area contributed by atoms with Gasteiger partial charge in [0, 0.05) is 36.8 Å². The molecule has 2 aliphatic rings. The molecule has 2 aromatic rings. The average molecular weight is 451 g/mol. The van der Waals surface area contributed by atoms with E-state index in [9.17, 15) is 9.59 Å². The van der Waals surface area contributed by atoms with E-state index < -0.39 is 0 Å². The van der Waals surface area contributed by atoms with Crippen molar-refractivity contribution in [3.05, 3.63) is 58.7 Å². The van der Waals surface area contributed by atoms with E-state index in [1.807, 2.05) is 50.4 Å². The first-order chi connectivity index (χ1) is 15.9. The van der Waals surface area contributed by atoms with E-state index >= 15 is 0 Å². The Balaban J connectivity index is 1.79. The van der Waals surface area contributed by atoms with Crippen LogP contribution in [0.25, 0.3) is 0 Å². The van der Waals surface area contributed by atoms with Crippen molar-refractivity contribution >= 4 is 17.6 Å². The molecule has 1 unspecified atom stereocenters. The van der Waals surface area contributed by atoms with E-state index in [1.165, 1.54) is 5.01 Å². The monoisotopic (exact) mass is 450 g/mol. The van der Waals surface area contributed by atoms with Gasteiger partial charge in [0.05, 0.1) is 26.0 Å². The van der Waals surface area contributed by atoms with Gasteiger partial charge in [0.2, 0.25) is 0 Å². The quantitative estimate of drug-likeness (QED) is 0.758. The fourth-order valence-corrected chi connectivity index (χ4v) is 4.15. The summed E-state index contributed by atoms with van der Waals surface area (Å²) in [6, 6.07) is 11.1. The standard InChI is InChI=1S/C25H30N4O4/c1-15-12-18-13-21(32-4)22(33-5)14-20(18)23(27-29(15)25(31)26-2)16-6-8-17(9-7-16)24(30)28(3)19-10-11-19/h6-9,13-15,19H,10-12H2,1-5H3,(H,26,31). The Hall–Kier alpha value is -3.55. The zero-order valence-electron chi connectivity index (χ0n) is 19.7. The molecule has 1 N–H and O–H groups in total. The van der Waals surface area contributed by atoms with Gasteiger partial charge in [0.1, 0.15) is 0 Å².